The van der Waals surface area contributed by atoms with E-state index >= 15 is 0 Å². The highest BCUT2D eigenvalue weighted by molar-refractivity contribution is 5.81. The fraction of sp³-hybridized carbons (Fsp3) is 0.778. The molecule has 2 N–H and O–H groups in total. The van der Waals surface area contributed by atoms with Crippen LogP contribution in [0.4, 0.5) is 0 Å². The van der Waals surface area contributed by atoms with Crippen LogP contribution >= 0.6 is 0 Å². The minimum Gasteiger partial charge on any atom is -0.468 e. The van der Waals surface area contributed by atoms with Crippen molar-refractivity contribution in [1.82, 2.24) is 0 Å². The van der Waals surface area contributed by atoms with Crippen LogP contribution in [0.25, 0.3) is 0 Å². The van der Waals surface area contributed by atoms with Crippen LogP contribution in [-0.2, 0) is 14.3 Å². The summed E-state index contributed by atoms with van der Waals surface area (Å²) < 4.78 is 4.43. The summed E-state index contributed by atoms with van der Waals surface area (Å²) in [6.07, 6.45) is 0.706. The Kier molecular flexibility index (Phi) is 5.30. The molecule has 0 aromatic heterocycles. The van der Waals surface area contributed by atoms with Gasteiger partial charge in [0.05, 0.1) is 7.11 Å². The Labute approximate surface area is 78.4 Å². The Morgan fingerprint density at radius 3 is 2.31 bits per heavy atom. The normalized spacial score (nSPS) is 12.7. The maximum atomic E-state index is 11.2. The van der Waals surface area contributed by atoms with Gasteiger partial charge in [-0.3, -0.25) is 9.59 Å². The second kappa shape index (κ2) is 5.70. The van der Waals surface area contributed by atoms with E-state index in [0.29, 0.717) is 12.8 Å². The number of ether oxygens (including phenoxy) is 1. The fourth-order valence-corrected chi connectivity index (χ4v) is 0.856. The molecule has 0 aliphatic rings. The molecule has 4 nitrogen and oxygen atoms in total. The van der Waals surface area contributed by atoms with Crippen LogP contribution in [0.3, 0.4) is 0 Å². The molecule has 0 aromatic carbocycles. The smallest absolute Gasteiger partial charge is 0.322 e. The third-order valence-corrected chi connectivity index (χ3v) is 1.85. The first kappa shape index (κ1) is 12.1. The molecule has 0 bridgehead atoms. The third kappa shape index (κ3) is 4.62. The van der Waals surface area contributed by atoms with E-state index < -0.39 is 12.0 Å². The molecule has 0 aliphatic heterocycles. The van der Waals surface area contributed by atoms with E-state index in [0.717, 1.165) is 0 Å². The minimum atomic E-state index is -0.673. The van der Waals surface area contributed by atoms with Crippen molar-refractivity contribution in [2.75, 3.05) is 7.11 Å². The second-order valence-corrected chi connectivity index (χ2v) is 3.29. The molecular weight excluding hydrogens is 170 g/mol. The summed E-state index contributed by atoms with van der Waals surface area (Å²) in [7, 11) is 1.28. The van der Waals surface area contributed by atoms with Crippen molar-refractivity contribution in [3.05, 3.63) is 0 Å². The second-order valence-electron chi connectivity index (χ2n) is 3.29. The van der Waals surface area contributed by atoms with Crippen LogP contribution in [0.2, 0.25) is 0 Å². The van der Waals surface area contributed by atoms with Crippen molar-refractivity contribution >= 4 is 11.8 Å². The molecule has 0 fully saturated rings. The van der Waals surface area contributed by atoms with E-state index in [-0.39, 0.29) is 11.7 Å². The summed E-state index contributed by atoms with van der Waals surface area (Å²) in [6, 6.07) is -0.673. The molecule has 0 aromatic rings. The van der Waals surface area contributed by atoms with Crippen LogP contribution in [0.15, 0.2) is 0 Å². The van der Waals surface area contributed by atoms with Crippen molar-refractivity contribution < 1.29 is 14.3 Å². The Balaban J connectivity index is 3.76. The van der Waals surface area contributed by atoms with E-state index in [2.05, 4.69) is 4.74 Å². The number of ketones is 1. The zero-order valence-corrected chi connectivity index (χ0v) is 8.37. The van der Waals surface area contributed by atoms with E-state index in [1.54, 1.807) is 0 Å². The van der Waals surface area contributed by atoms with Crippen molar-refractivity contribution in [2.45, 2.75) is 32.7 Å². The molecule has 0 heterocycles. The van der Waals surface area contributed by atoms with Gasteiger partial charge in [0.15, 0.2) is 0 Å². The van der Waals surface area contributed by atoms with Crippen molar-refractivity contribution in [2.24, 2.45) is 11.7 Å². The molecule has 0 rings (SSSR count). The maximum Gasteiger partial charge on any atom is 0.322 e. The Bertz CT molecular complexity index is 189. The van der Waals surface area contributed by atoms with Gasteiger partial charge < -0.3 is 10.5 Å². The van der Waals surface area contributed by atoms with E-state index in [4.69, 9.17) is 5.73 Å². The summed E-state index contributed by atoms with van der Waals surface area (Å²) in [4.78, 5) is 22.0. The lowest BCUT2D eigenvalue weighted by Gasteiger charge is -2.09. The number of esters is 1. The summed E-state index contributed by atoms with van der Waals surface area (Å²) in [5.74, 6) is -0.333. The molecule has 13 heavy (non-hydrogen) atoms. The summed E-state index contributed by atoms with van der Waals surface area (Å²) in [6.45, 7) is 3.65. The number of hydrogen-bond donors (Lipinski definition) is 1. The van der Waals surface area contributed by atoms with Crippen molar-refractivity contribution in [1.29, 1.82) is 0 Å². The summed E-state index contributed by atoms with van der Waals surface area (Å²) in [5.41, 5.74) is 5.45. The number of nitrogens with two attached hydrogens (primary N) is 1. The number of rotatable bonds is 5. The Morgan fingerprint density at radius 2 is 1.92 bits per heavy atom. The molecule has 0 saturated heterocycles. The first-order valence-electron chi connectivity index (χ1n) is 4.35. The highest BCUT2D eigenvalue weighted by atomic mass is 16.5. The fourth-order valence-electron chi connectivity index (χ4n) is 0.856. The van der Waals surface area contributed by atoms with E-state index in [1.807, 2.05) is 13.8 Å². The van der Waals surface area contributed by atoms with Gasteiger partial charge in [-0.2, -0.15) is 0 Å². The lowest BCUT2D eigenvalue weighted by atomic mass is 10.0. The van der Waals surface area contributed by atoms with Crippen LogP contribution in [0.1, 0.15) is 26.7 Å². The van der Waals surface area contributed by atoms with Gasteiger partial charge in [0, 0.05) is 12.3 Å². The standard InChI is InChI=1S/C9H17NO3/c1-6(2)8(11)5-4-7(10)9(12)13-3/h6-7H,4-5,10H2,1-3H3/t7-/m0/s1. The summed E-state index contributed by atoms with van der Waals surface area (Å²) >= 11 is 0. The molecule has 76 valence electrons. The predicted octanol–water partition coefficient (Wildman–Crippen LogP) is 0.492. The lowest BCUT2D eigenvalue weighted by Crippen LogP contribution is -2.32. The lowest BCUT2D eigenvalue weighted by molar-refractivity contribution is -0.142. The number of carbonyl (C=O) groups is 2. The highest BCUT2D eigenvalue weighted by Crippen LogP contribution is 2.04. The van der Waals surface area contributed by atoms with Crippen LogP contribution in [-0.4, -0.2) is 24.9 Å². The van der Waals surface area contributed by atoms with Gasteiger partial charge in [0.2, 0.25) is 0 Å². The van der Waals surface area contributed by atoms with E-state index in [1.165, 1.54) is 7.11 Å². The first-order valence-corrected chi connectivity index (χ1v) is 4.35. The molecule has 0 saturated carbocycles. The summed E-state index contributed by atoms with van der Waals surface area (Å²) in [5, 5.41) is 0. The number of methoxy groups -OCH3 is 1. The average molecular weight is 187 g/mol. The van der Waals surface area contributed by atoms with Gasteiger partial charge in [-0.15, -0.1) is 0 Å². The molecule has 0 unspecified atom stereocenters. The third-order valence-electron chi connectivity index (χ3n) is 1.85. The van der Waals surface area contributed by atoms with E-state index in [9.17, 15) is 9.59 Å². The first-order chi connectivity index (χ1) is 5.99. The van der Waals surface area contributed by atoms with Crippen LogP contribution in [0, 0.1) is 5.92 Å². The SMILES string of the molecule is COC(=O)[C@@H](N)CCC(=O)C(C)C. The van der Waals surface area contributed by atoms with Crippen LogP contribution < -0.4 is 5.73 Å². The van der Waals surface area contributed by atoms with Gasteiger partial charge in [-0.25, -0.2) is 0 Å². The topological polar surface area (TPSA) is 69.4 Å². The van der Waals surface area contributed by atoms with Gasteiger partial charge >= 0.3 is 5.97 Å². The van der Waals surface area contributed by atoms with Gasteiger partial charge in [-0.05, 0) is 6.42 Å². The quantitative estimate of drug-likeness (QED) is 0.636. The molecule has 0 amide bonds. The molecule has 1 atom stereocenters. The average Bonchev–Trinajstić information content (AvgIpc) is 2.11. The molecule has 0 aliphatic carbocycles. The monoisotopic (exact) mass is 187 g/mol. The Morgan fingerprint density at radius 1 is 1.38 bits per heavy atom. The molecule has 0 radical (unpaired) electrons. The number of carbonyl (C=O) groups excluding carboxylic acids is 2. The predicted molar refractivity (Wildman–Crippen MR) is 49.1 cm³/mol. The Hall–Kier alpha value is -0.900. The molecule has 4 heteroatoms. The minimum absolute atomic E-state index is 0.00449. The van der Waals surface area contributed by atoms with Crippen molar-refractivity contribution in [3.8, 4) is 0 Å². The number of Topliss-reactive ketones (excluding diaryl/α,β-unsaturated/α-hetero) is 1. The zero-order valence-electron chi connectivity index (χ0n) is 8.37. The van der Waals surface area contributed by atoms with Gasteiger partial charge in [0.25, 0.3) is 0 Å². The highest BCUT2D eigenvalue weighted by Gasteiger charge is 2.16. The van der Waals surface area contributed by atoms with Gasteiger partial charge in [0.1, 0.15) is 11.8 Å². The number of hydrogen-bond acceptors (Lipinski definition) is 4. The van der Waals surface area contributed by atoms with Crippen molar-refractivity contribution in [3.63, 3.8) is 0 Å². The molecule has 0 spiro atoms. The van der Waals surface area contributed by atoms with Gasteiger partial charge in [-0.1, -0.05) is 13.8 Å². The van der Waals surface area contributed by atoms with Crippen LogP contribution in [0.5, 0.6) is 0 Å². The maximum absolute atomic E-state index is 11.2. The zero-order chi connectivity index (χ0) is 10.4. The molecular formula is C9H17NO3. The largest absolute Gasteiger partial charge is 0.468 e.